The van der Waals surface area contributed by atoms with E-state index < -0.39 is 0 Å². The average molecular weight is 474 g/mol. The van der Waals surface area contributed by atoms with Crippen molar-refractivity contribution in [3.63, 3.8) is 0 Å². The molecule has 0 fully saturated rings. The fraction of sp³-hybridized carbons (Fsp3) is 0.724. The van der Waals surface area contributed by atoms with E-state index >= 15 is 0 Å². The van der Waals surface area contributed by atoms with Crippen LogP contribution < -0.4 is 16.0 Å². The quantitative estimate of drug-likeness (QED) is 0.186. The van der Waals surface area contributed by atoms with Gasteiger partial charge in [0.15, 0.2) is 0 Å². The molecular formula is C29H51N3O2. The van der Waals surface area contributed by atoms with Gasteiger partial charge < -0.3 is 16.0 Å². The molecule has 3 N–H and O–H groups in total. The van der Waals surface area contributed by atoms with Crippen molar-refractivity contribution in [3.8, 4) is 0 Å². The fourth-order valence-corrected chi connectivity index (χ4v) is 3.97. The smallest absolute Gasteiger partial charge is 0.251 e. The molecule has 0 aliphatic rings. The molecule has 0 aliphatic heterocycles. The second kappa shape index (κ2) is 18.4. The number of carbonyl (C=O) groups excluding carboxylic acids is 2. The minimum absolute atomic E-state index is 0.0581. The Morgan fingerprint density at radius 3 is 1.65 bits per heavy atom. The van der Waals surface area contributed by atoms with E-state index in [1.54, 1.807) is 24.3 Å². The second-order valence-electron chi connectivity index (χ2n) is 10.6. The van der Waals surface area contributed by atoms with E-state index in [4.69, 9.17) is 0 Å². The van der Waals surface area contributed by atoms with Crippen molar-refractivity contribution in [1.82, 2.24) is 10.6 Å². The number of hydrogen-bond acceptors (Lipinski definition) is 3. The van der Waals surface area contributed by atoms with Crippen LogP contribution in [0.15, 0.2) is 24.3 Å². The zero-order chi connectivity index (χ0) is 25.1. The highest BCUT2D eigenvalue weighted by Gasteiger charge is 2.15. The van der Waals surface area contributed by atoms with Gasteiger partial charge in [-0.25, -0.2) is 0 Å². The summed E-state index contributed by atoms with van der Waals surface area (Å²) >= 11 is 0. The van der Waals surface area contributed by atoms with Gasteiger partial charge in [-0.3, -0.25) is 9.59 Å². The zero-order valence-corrected chi connectivity index (χ0v) is 22.4. The van der Waals surface area contributed by atoms with Crippen molar-refractivity contribution in [1.29, 1.82) is 0 Å². The lowest BCUT2D eigenvalue weighted by Crippen LogP contribution is -2.40. The molecule has 5 heteroatoms. The number of anilines is 1. The Kier molecular flexibility index (Phi) is 16.4. The van der Waals surface area contributed by atoms with Crippen LogP contribution in [0.2, 0.25) is 0 Å². The Morgan fingerprint density at radius 1 is 0.706 bits per heavy atom. The van der Waals surface area contributed by atoms with Crippen molar-refractivity contribution >= 4 is 17.5 Å². The first-order valence-electron chi connectivity index (χ1n) is 13.7. The van der Waals surface area contributed by atoms with Gasteiger partial charge in [0.2, 0.25) is 5.91 Å². The van der Waals surface area contributed by atoms with E-state index in [0.717, 1.165) is 13.0 Å². The number of nitrogens with one attached hydrogen (secondary N) is 3. The summed E-state index contributed by atoms with van der Waals surface area (Å²) < 4.78 is 0. The van der Waals surface area contributed by atoms with Crippen molar-refractivity contribution in [2.45, 2.75) is 123 Å². The monoisotopic (exact) mass is 473 g/mol. The molecule has 1 aromatic rings. The zero-order valence-electron chi connectivity index (χ0n) is 22.4. The van der Waals surface area contributed by atoms with Crippen LogP contribution >= 0.6 is 0 Å². The largest absolute Gasteiger partial charge is 0.347 e. The Balaban J connectivity index is 1.97. The summed E-state index contributed by atoms with van der Waals surface area (Å²) in [7, 11) is 0. The summed E-state index contributed by atoms with van der Waals surface area (Å²) in [6, 6.07) is 7.00. The predicted molar refractivity (Wildman–Crippen MR) is 145 cm³/mol. The Hall–Kier alpha value is -1.88. The summed E-state index contributed by atoms with van der Waals surface area (Å²) in [6.07, 6.45) is 18.9. The van der Waals surface area contributed by atoms with Crippen LogP contribution in [0.1, 0.15) is 128 Å². The van der Waals surface area contributed by atoms with Gasteiger partial charge in [-0.05, 0) is 58.0 Å². The molecule has 0 radical (unpaired) electrons. The lowest BCUT2D eigenvalue weighted by Gasteiger charge is -2.20. The molecule has 0 spiro atoms. The third-order valence-corrected chi connectivity index (χ3v) is 5.91. The first-order valence-corrected chi connectivity index (χ1v) is 13.7. The number of unbranched alkanes of at least 4 members (excludes halogenated alkanes) is 13. The highest BCUT2D eigenvalue weighted by molar-refractivity contribution is 5.96. The maximum atomic E-state index is 12.2. The molecule has 0 saturated heterocycles. The van der Waals surface area contributed by atoms with Crippen LogP contribution in [0, 0.1) is 0 Å². The lowest BCUT2D eigenvalue weighted by molar-refractivity contribution is -0.115. The fourth-order valence-electron chi connectivity index (χ4n) is 3.97. The van der Waals surface area contributed by atoms with Crippen molar-refractivity contribution in [2.75, 3.05) is 18.4 Å². The first-order chi connectivity index (χ1) is 16.3. The first kappa shape index (κ1) is 30.2. The number of rotatable bonds is 19. The molecule has 5 nitrogen and oxygen atoms in total. The topological polar surface area (TPSA) is 70.2 Å². The Bertz CT molecular complexity index is 665. The predicted octanol–water partition coefficient (Wildman–Crippen LogP) is 7.22. The van der Waals surface area contributed by atoms with Crippen molar-refractivity contribution in [2.24, 2.45) is 0 Å². The molecule has 194 valence electrons. The molecule has 0 bridgehead atoms. The summed E-state index contributed by atoms with van der Waals surface area (Å²) in [5.74, 6) is -0.169. The second-order valence-corrected chi connectivity index (χ2v) is 10.6. The van der Waals surface area contributed by atoms with E-state index in [0.29, 0.717) is 17.8 Å². The van der Waals surface area contributed by atoms with Gasteiger partial charge in [-0.2, -0.15) is 0 Å². The molecule has 0 atom stereocenters. The summed E-state index contributed by atoms with van der Waals surface area (Å²) in [6.45, 7) is 9.31. The van der Waals surface area contributed by atoms with Crippen LogP contribution in [-0.4, -0.2) is 30.4 Å². The van der Waals surface area contributed by atoms with E-state index in [-0.39, 0.29) is 17.4 Å². The number of amides is 2. The third kappa shape index (κ3) is 16.7. The Morgan fingerprint density at radius 2 is 1.18 bits per heavy atom. The van der Waals surface area contributed by atoms with Crippen molar-refractivity contribution in [3.05, 3.63) is 29.8 Å². The number of benzene rings is 1. The highest BCUT2D eigenvalue weighted by Crippen LogP contribution is 2.13. The van der Waals surface area contributed by atoms with Gasteiger partial charge >= 0.3 is 0 Å². The van der Waals surface area contributed by atoms with E-state index in [2.05, 4.69) is 22.9 Å². The molecule has 0 aliphatic carbocycles. The molecular weight excluding hydrogens is 422 g/mol. The van der Waals surface area contributed by atoms with Crippen LogP contribution in [0.25, 0.3) is 0 Å². The molecule has 0 aromatic heterocycles. The highest BCUT2D eigenvalue weighted by atomic mass is 16.2. The van der Waals surface area contributed by atoms with Crippen LogP contribution in [0.5, 0.6) is 0 Å². The Labute approximate surface area is 209 Å². The maximum Gasteiger partial charge on any atom is 0.251 e. The van der Waals surface area contributed by atoms with Crippen molar-refractivity contribution < 1.29 is 9.59 Å². The van der Waals surface area contributed by atoms with Crippen LogP contribution in [0.3, 0.4) is 0 Å². The van der Waals surface area contributed by atoms with Gasteiger partial charge in [0.05, 0.1) is 6.54 Å². The van der Waals surface area contributed by atoms with E-state index in [1.807, 2.05) is 20.8 Å². The summed E-state index contributed by atoms with van der Waals surface area (Å²) in [5.41, 5.74) is 1.02. The standard InChI is InChI=1S/C29H51N3O2/c1-5-6-7-8-9-10-11-12-13-14-15-16-17-18-23-30-24-27(33)31-26-21-19-25(20-22-26)28(34)32-29(2,3)4/h19-22,30H,5-18,23-24H2,1-4H3,(H,31,33)(H,32,34). The lowest BCUT2D eigenvalue weighted by atomic mass is 10.0. The van der Waals surface area contributed by atoms with Gasteiger partial charge in [0.1, 0.15) is 0 Å². The molecule has 0 heterocycles. The molecule has 1 aromatic carbocycles. The van der Waals surface area contributed by atoms with E-state index in [1.165, 1.54) is 83.5 Å². The minimum atomic E-state index is -0.275. The summed E-state index contributed by atoms with van der Waals surface area (Å²) in [5, 5.41) is 9.04. The molecule has 2 amide bonds. The molecule has 1 rings (SSSR count). The van der Waals surface area contributed by atoms with Gasteiger partial charge in [0, 0.05) is 16.8 Å². The SMILES string of the molecule is CCCCCCCCCCCCCCCCNCC(=O)Nc1ccc(C(=O)NC(C)(C)C)cc1. The summed E-state index contributed by atoms with van der Waals surface area (Å²) in [4.78, 5) is 24.3. The third-order valence-electron chi connectivity index (χ3n) is 5.91. The normalized spacial score (nSPS) is 11.4. The minimum Gasteiger partial charge on any atom is -0.347 e. The number of hydrogen-bond donors (Lipinski definition) is 3. The molecule has 0 saturated carbocycles. The van der Waals surface area contributed by atoms with Crippen LogP contribution in [0.4, 0.5) is 5.69 Å². The van der Waals surface area contributed by atoms with Crippen LogP contribution in [-0.2, 0) is 4.79 Å². The molecule has 34 heavy (non-hydrogen) atoms. The van der Waals surface area contributed by atoms with E-state index in [9.17, 15) is 9.59 Å². The average Bonchev–Trinajstić information content (AvgIpc) is 2.78. The number of carbonyl (C=O) groups is 2. The van der Waals surface area contributed by atoms with Gasteiger partial charge in [-0.1, -0.05) is 90.4 Å². The molecule has 0 unspecified atom stereocenters. The van der Waals surface area contributed by atoms with Gasteiger partial charge in [0.25, 0.3) is 5.91 Å². The van der Waals surface area contributed by atoms with Gasteiger partial charge in [-0.15, -0.1) is 0 Å². The maximum absolute atomic E-state index is 12.2.